The zero-order valence-corrected chi connectivity index (χ0v) is 29.6. The lowest BCUT2D eigenvalue weighted by molar-refractivity contribution is -1.22. The van der Waals surface area contributed by atoms with Crippen LogP contribution in [0, 0.1) is 0 Å². The third-order valence-electron chi connectivity index (χ3n) is 8.59. The minimum absolute atomic E-state index is 8.62. The molecule has 0 heterocycles. The Bertz CT molecular complexity index is 1910. The van der Waals surface area contributed by atoms with E-state index in [1.165, 1.54) is 0 Å². The summed E-state index contributed by atoms with van der Waals surface area (Å²) in [6.07, 6.45) is -38.0. The van der Waals surface area contributed by atoms with Gasteiger partial charge in [0.15, 0.2) is 0 Å². The minimum Gasteiger partial charge on any atom is -0.192 e. The van der Waals surface area contributed by atoms with Crippen molar-refractivity contribution in [2.24, 2.45) is 0 Å². The van der Waals surface area contributed by atoms with Crippen LogP contribution in [0.2, 0.25) is 0 Å². The predicted octanol–water partition coefficient (Wildman–Crippen LogP) is 15.3. The Morgan fingerprint density at radius 3 is 0.366 bits per heavy atom. The monoisotopic (exact) mass is 1190 g/mol. The SMILES string of the molecule is FC(F)(F)C(F)(F)C(F)(F)C(F)(F)C(F)(F)C(F)(F)C(F)(F)C(F)(F)C(F)(F)C(F)(F)C(F)(F)C(F)(F)C(F)(F)C(F)(F)C(F)(F)C(F)(F)C(F)(F)C(F)(F)[N+](C(F)(F)F)(C(F)(F)F)C(F)(F)C(F)(F)F. The molecule has 0 amide bonds. The lowest BCUT2D eigenvalue weighted by atomic mass is 9.82. The first-order valence-electron chi connectivity index (χ1n) is 14.5. The van der Waals surface area contributed by atoms with Crippen LogP contribution in [0.3, 0.4) is 0 Å². The summed E-state index contributed by atoms with van der Waals surface area (Å²) in [4.78, 5) is 0. The molecular formula is C22F48N+. The van der Waals surface area contributed by atoms with Crippen molar-refractivity contribution in [3.05, 3.63) is 0 Å². The highest BCUT2D eigenvalue weighted by Gasteiger charge is 3.08. The second kappa shape index (κ2) is 15.8. The van der Waals surface area contributed by atoms with Gasteiger partial charge in [0.25, 0.3) is 0 Å². The van der Waals surface area contributed by atoms with Crippen molar-refractivity contribution in [1.82, 2.24) is 0 Å². The fraction of sp³-hybridized carbons (Fsp3) is 1.00. The Labute approximate surface area is 348 Å². The summed E-state index contributed by atoms with van der Waals surface area (Å²) in [6, 6.07) is -21.2. The van der Waals surface area contributed by atoms with E-state index in [1.807, 2.05) is 0 Å². The smallest absolute Gasteiger partial charge is 0.192 e. The average molecular weight is 1190 g/mol. The molecule has 0 fully saturated rings. The molecule has 0 aromatic heterocycles. The van der Waals surface area contributed by atoms with E-state index >= 15 is 0 Å². The summed E-state index contributed by atoms with van der Waals surface area (Å²) in [5, 5.41) is 0. The van der Waals surface area contributed by atoms with Crippen molar-refractivity contribution in [1.29, 1.82) is 0 Å². The molecule has 428 valence electrons. The molecule has 0 aliphatic rings. The molecule has 49 heteroatoms. The van der Waals surface area contributed by atoms with Crippen LogP contribution in [0.4, 0.5) is 211 Å². The van der Waals surface area contributed by atoms with Crippen molar-refractivity contribution in [3.8, 4) is 0 Å². The maximum absolute atomic E-state index is 14.3. The molecule has 0 spiro atoms. The highest BCUT2D eigenvalue weighted by atomic mass is 19.5. The van der Waals surface area contributed by atoms with Crippen LogP contribution < -0.4 is 0 Å². The first-order chi connectivity index (χ1) is 29.5. The third-order valence-corrected chi connectivity index (χ3v) is 8.59. The number of alkyl halides is 48. The van der Waals surface area contributed by atoms with E-state index in [0.29, 0.717) is 0 Å². The van der Waals surface area contributed by atoms with Gasteiger partial charge in [0, 0.05) is 0 Å². The minimum atomic E-state index is -11.0. The van der Waals surface area contributed by atoms with E-state index in [2.05, 4.69) is 0 Å². The number of hydrogen-bond donors (Lipinski definition) is 0. The summed E-state index contributed by atoms with van der Waals surface area (Å²) in [7, 11) is 0. The number of rotatable bonds is 18. The van der Waals surface area contributed by atoms with Gasteiger partial charge in [-0.1, -0.05) is 0 Å². The Kier molecular flexibility index (Phi) is 15.1. The molecule has 0 aliphatic heterocycles. The fourth-order valence-electron chi connectivity index (χ4n) is 4.49. The Morgan fingerprint density at radius 1 is 0.127 bits per heavy atom. The Morgan fingerprint density at radius 2 is 0.254 bits per heavy atom. The summed E-state index contributed by atoms with van der Waals surface area (Å²) >= 11 is 0. The molecule has 0 aliphatic carbocycles. The fourth-order valence-corrected chi connectivity index (χ4v) is 4.49. The first-order valence-corrected chi connectivity index (χ1v) is 14.5. The lowest BCUT2D eigenvalue weighted by Crippen LogP contribution is -2.88. The van der Waals surface area contributed by atoms with E-state index in [4.69, 9.17) is 0 Å². The van der Waals surface area contributed by atoms with Gasteiger partial charge in [-0.3, -0.25) is 0 Å². The quantitative estimate of drug-likeness (QED) is 0.0729. The Balaban J connectivity index is 8.42. The van der Waals surface area contributed by atoms with Crippen LogP contribution in [-0.2, 0) is 0 Å². The third kappa shape index (κ3) is 7.34. The lowest BCUT2D eigenvalue weighted by Gasteiger charge is -2.50. The van der Waals surface area contributed by atoms with Crippen molar-refractivity contribution >= 4 is 0 Å². The van der Waals surface area contributed by atoms with Crippen molar-refractivity contribution < 1.29 is 215 Å². The van der Waals surface area contributed by atoms with Gasteiger partial charge >= 0.3 is 132 Å². The molecule has 0 N–H and O–H groups in total. The van der Waals surface area contributed by atoms with E-state index in [-0.39, 0.29) is 0 Å². The molecule has 1 nitrogen and oxygen atoms in total. The second-order valence-corrected chi connectivity index (χ2v) is 12.9. The molecule has 0 atom stereocenters. The second-order valence-electron chi connectivity index (χ2n) is 12.9. The van der Waals surface area contributed by atoms with Gasteiger partial charge in [0.1, 0.15) is 0 Å². The number of nitrogens with zero attached hydrogens (tertiary/aromatic N) is 1. The van der Waals surface area contributed by atoms with Crippen LogP contribution >= 0.6 is 0 Å². The molecule has 71 heavy (non-hydrogen) atoms. The largest absolute Gasteiger partial charge is 0.579 e. The summed E-state index contributed by atoms with van der Waals surface area (Å²) in [5.41, 5.74) is 0. The molecule has 0 saturated carbocycles. The van der Waals surface area contributed by atoms with E-state index < -0.39 is 136 Å². The number of halogens is 48. The topological polar surface area (TPSA) is 0 Å². The molecule has 0 saturated heterocycles. The Hall–Kier alpha value is -3.40. The van der Waals surface area contributed by atoms with Crippen LogP contribution in [0.5, 0.6) is 0 Å². The number of quaternary nitrogens is 1. The zero-order chi connectivity index (χ0) is 59.5. The van der Waals surface area contributed by atoms with Crippen LogP contribution in [0.25, 0.3) is 0 Å². The summed E-state index contributed by atoms with van der Waals surface area (Å²) in [5.74, 6) is -169. The standard InChI is InChI=1S/C22F48N/c23-1(24,3(27,28)5(31,32)7(35,36)9(39,40)11(43,44)13(47,48)15(51,52)17(55,56)57)2(25,26)4(29,30)6(33,34)8(37,38)10(41,42)12(45,46)14(49,50)16(53,54)19(61,62)71(21(65,66)67,22(68,69)70)20(63,64)18(58,59)60/q+1. The molecule has 0 bridgehead atoms. The van der Waals surface area contributed by atoms with Gasteiger partial charge in [0.05, 0.1) is 0 Å². The highest BCUT2D eigenvalue weighted by Crippen LogP contribution is 2.73. The van der Waals surface area contributed by atoms with E-state index in [9.17, 15) is 211 Å². The maximum atomic E-state index is 14.3. The van der Waals surface area contributed by atoms with Gasteiger partial charge in [-0.2, -0.15) is 167 Å². The van der Waals surface area contributed by atoms with Gasteiger partial charge in [0.2, 0.25) is 0 Å². The van der Waals surface area contributed by atoms with Crippen molar-refractivity contribution in [2.75, 3.05) is 0 Å². The predicted molar refractivity (Wildman–Crippen MR) is 114 cm³/mol. The van der Waals surface area contributed by atoms with E-state index in [0.717, 1.165) is 0 Å². The van der Waals surface area contributed by atoms with E-state index in [1.54, 1.807) is 0 Å². The normalized spacial score (nSPS) is 17.6. The average Bonchev–Trinajstić information content (AvgIpc) is 3.07. The molecule has 0 radical (unpaired) electrons. The first kappa shape index (κ1) is 67.6. The maximum Gasteiger partial charge on any atom is 0.579 e. The van der Waals surface area contributed by atoms with Gasteiger partial charge in [-0.25, -0.2) is 0 Å². The zero-order valence-electron chi connectivity index (χ0n) is 29.6. The molecule has 0 unspecified atom stereocenters. The molecule has 0 rings (SSSR count). The van der Waals surface area contributed by atoms with Gasteiger partial charge in [-0.15, -0.1) is 43.9 Å². The van der Waals surface area contributed by atoms with Crippen molar-refractivity contribution in [2.45, 2.75) is 132 Å². The summed E-state index contributed by atoms with van der Waals surface area (Å²) < 4.78 is 642. The molecule has 0 aromatic carbocycles. The van der Waals surface area contributed by atoms with Gasteiger partial charge < -0.3 is 0 Å². The van der Waals surface area contributed by atoms with Gasteiger partial charge in [-0.05, 0) is 4.48 Å². The van der Waals surface area contributed by atoms with Crippen LogP contribution in [-0.4, -0.2) is 136 Å². The molecule has 0 aromatic rings. The van der Waals surface area contributed by atoms with Crippen molar-refractivity contribution in [3.63, 3.8) is 0 Å². The number of hydrogen-bond acceptors (Lipinski definition) is 0. The highest BCUT2D eigenvalue weighted by molar-refractivity contribution is 5.23. The molecular weight excluding hydrogens is 1190 g/mol. The van der Waals surface area contributed by atoms with Crippen LogP contribution in [0.15, 0.2) is 0 Å². The summed E-state index contributed by atoms with van der Waals surface area (Å²) in [6.45, 7) is 0. The van der Waals surface area contributed by atoms with Crippen LogP contribution in [0.1, 0.15) is 0 Å².